The number of nitrogens with zero attached hydrogens (tertiary/aromatic N) is 2. The Kier molecular flexibility index (Phi) is 7.85. The summed E-state index contributed by atoms with van der Waals surface area (Å²) in [5.74, 6) is 1.50. The largest absolute Gasteiger partial charge is 0.497 e. The average Bonchev–Trinajstić information content (AvgIpc) is 3.05. The first-order valence-electron chi connectivity index (χ1n) is 9.47. The van der Waals surface area contributed by atoms with E-state index in [-0.39, 0.29) is 24.8 Å². The smallest absolute Gasteiger partial charge is 0.270 e. The molecule has 1 amide bonds. The molecule has 8 nitrogen and oxygen atoms in total. The van der Waals surface area contributed by atoms with Gasteiger partial charge in [0.2, 0.25) is 0 Å². The number of methoxy groups -OCH3 is 1. The van der Waals surface area contributed by atoms with Crippen molar-refractivity contribution in [2.24, 2.45) is 0 Å². The van der Waals surface area contributed by atoms with Gasteiger partial charge in [0.05, 0.1) is 16.9 Å². The van der Waals surface area contributed by atoms with E-state index in [0.29, 0.717) is 32.8 Å². The summed E-state index contributed by atoms with van der Waals surface area (Å²) in [6, 6.07) is 11.3. The molecule has 32 heavy (non-hydrogen) atoms. The van der Waals surface area contributed by atoms with Crippen LogP contribution in [0.3, 0.4) is 0 Å². The maximum Gasteiger partial charge on any atom is 0.270 e. The minimum Gasteiger partial charge on any atom is -0.497 e. The van der Waals surface area contributed by atoms with Crippen molar-refractivity contribution in [1.82, 2.24) is 4.90 Å². The predicted molar refractivity (Wildman–Crippen MR) is 127 cm³/mol. The average molecular weight is 473 g/mol. The van der Waals surface area contributed by atoms with Crippen molar-refractivity contribution in [2.45, 2.75) is 0 Å². The summed E-state index contributed by atoms with van der Waals surface area (Å²) in [6.07, 6.45) is 3.13. The standard InChI is InChI=1S/C22H20N2O6S2/c1-3-10-23-21(25)20(32-22(23)31)14-15-13-16(24(26)27)4-9-19(15)30-12-11-29-18-7-5-17(28-2)6-8-18/h3-9,13-14H,1,10-12H2,2H3. The Morgan fingerprint density at radius 2 is 1.84 bits per heavy atom. The Hall–Kier alpha value is -3.37. The molecule has 1 fully saturated rings. The van der Waals surface area contributed by atoms with E-state index >= 15 is 0 Å². The Morgan fingerprint density at radius 3 is 2.50 bits per heavy atom. The van der Waals surface area contributed by atoms with Gasteiger partial charge in [0.25, 0.3) is 11.6 Å². The molecule has 1 aliphatic heterocycles. The minimum absolute atomic E-state index is 0.111. The van der Waals surface area contributed by atoms with Crippen molar-refractivity contribution < 1.29 is 23.9 Å². The first-order chi connectivity index (χ1) is 15.4. The lowest BCUT2D eigenvalue weighted by Crippen LogP contribution is -2.27. The SMILES string of the molecule is C=CCN1C(=O)C(=Cc2cc([N+](=O)[O-])ccc2OCCOc2ccc(OC)cc2)SC1=S. The minimum atomic E-state index is -0.503. The van der Waals surface area contributed by atoms with Crippen LogP contribution in [0.25, 0.3) is 6.08 Å². The maximum atomic E-state index is 12.6. The normalized spacial score (nSPS) is 14.5. The van der Waals surface area contributed by atoms with Gasteiger partial charge in [-0.15, -0.1) is 6.58 Å². The highest BCUT2D eigenvalue weighted by atomic mass is 32.2. The van der Waals surface area contributed by atoms with E-state index in [1.54, 1.807) is 43.5 Å². The Morgan fingerprint density at radius 1 is 1.16 bits per heavy atom. The second kappa shape index (κ2) is 10.8. The molecule has 0 unspecified atom stereocenters. The molecule has 0 atom stereocenters. The number of amides is 1. The number of thiocarbonyl (C=S) groups is 1. The third kappa shape index (κ3) is 5.65. The van der Waals surface area contributed by atoms with Gasteiger partial charge < -0.3 is 14.2 Å². The number of benzene rings is 2. The van der Waals surface area contributed by atoms with Crippen LogP contribution in [0.1, 0.15) is 5.56 Å². The summed E-state index contributed by atoms with van der Waals surface area (Å²) >= 11 is 6.37. The molecule has 166 valence electrons. The molecule has 1 aliphatic rings. The summed E-state index contributed by atoms with van der Waals surface area (Å²) in [5, 5.41) is 11.2. The number of non-ortho nitro benzene ring substituents is 1. The maximum absolute atomic E-state index is 12.6. The van der Waals surface area contributed by atoms with Crippen LogP contribution >= 0.6 is 24.0 Å². The number of ether oxygens (including phenoxy) is 3. The van der Waals surface area contributed by atoms with Crippen molar-refractivity contribution in [3.8, 4) is 17.2 Å². The van der Waals surface area contributed by atoms with Gasteiger partial charge in [0.1, 0.15) is 34.8 Å². The number of thioether (sulfide) groups is 1. The number of nitro benzene ring substituents is 1. The first kappa shape index (κ1) is 23.3. The third-order valence-corrected chi connectivity index (χ3v) is 5.72. The van der Waals surface area contributed by atoms with Crippen LogP contribution in [-0.2, 0) is 4.79 Å². The molecule has 1 heterocycles. The Bertz CT molecular complexity index is 1070. The second-order valence-corrected chi connectivity index (χ2v) is 8.11. The third-order valence-electron chi connectivity index (χ3n) is 4.35. The van der Waals surface area contributed by atoms with E-state index in [0.717, 1.165) is 17.5 Å². The molecule has 0 aromatic heterocycles. The van der Waals surface area contributed by atoms with Gasteiger partial charge in [0.15, 0.2) is 0 Å². The van der Waals surface area contributed by atoms with Crippen LogP contribution < -0.4 is 14.2 Å². The van der Waals surface area contributed by atoms with Gasteiger partial charge in [-0.2, -0.15) is 0 Å². The number of carbonyl (C=O) groups is 1. The van der Waals surface area contributed by atoms with Gasteiger partial charge in [-0.25, -0.2) is 0 Å². The summed E-state index contributed by atoms with van der Waals surface area (Å²) in [7, 11) is 1.59. The molecular weight excluding hydrogens is 452 g/mol. The van der Waals surface area contributed by atoms with Crippen molar-refractivity contribution in [3.05, 3.63) is 75.7 Å². The van der Waals surface area contributed by atoms with Crippen molar-refractivity contribution in [1.29, 1.82) is 0 Å². The predicted octanol–water partition coefficient (Wildman–Crippen LogP) is 4.45. The highest BCUT2D eigenvalue weighted by Crippen LogP contribution is 2.35. The van der Waals surface area contributed by atoms with Crippen LogP contribution in [0, 0.1) is 10.1 Å². The molecule has 2 aromatic carbocycles. The van der Waals surface area contributed by atoms with Crippen LogP contribution in [0.2, 0.25) is 0 Å². The van der Waals surface area contributed by atoms with E-state index in [1.807, 2.05) is 0 Å². The molecule has 0 aliphatic carbocycles. The van der Waals surface area contributed by atoms with Gasteiger partial charge in [0, 0.05) is 24.2 Å². The molecular formula is C22H20N2O6S2. The zero-order chi connectivity index (χ0) is 23.1. The summed E-state index contributed by atoms with van der Waals surface area (Å²) in [6.45, 7) is 4.37. The second-order valence-electron chi connectivity index (χ2n) is 6.43. The van der Waals surface area contributed by atoms with Crippen molar-refractivity contribution in [3.63, 3.8) is 0 Å². The molecule has 10 heteroatoms. The van der Waals surface area contributed by atoms with E-state index < -0.39 is 4.92 Å². The van der Waals surface area contributed by atoms with E-state index in [9.17, 15) is 14.9 Å². The lowest BCUT2D eigenvalue weighted by molar-refractivity contribution is -0.384. The summed E-state index contributed by atoms with van der Waals surface area (Å²) < 4.78 is 16.9. The quantitative estimate of drug-likeness (QED) is 0.125. The van der Waals surface area contributed by atoms with Crippen molar-refractivity contribution in [2.75, 3.05) is 26.9 Å². The number of carbonyl (C=O) groups excluding carboxylic acids is 1. The van der Waals surface area contributed by atoms with Gasteiger partial charge >= 0.3 is 0 Å². The molecule has 0 N–H and O–H groups in total. The zero-order valence-corrected chi connectivity index (χ0v) is 18.8. The fourth-order valence-corrected chi connectivity index (χ4v) is 4.07. The van der Waals surface area contributed by atoms with Gasteiger partial charge in [-0.1, -0.05) is 30.1 Å². The van der Waals surface area contributed by atoms with Crippen LogP contribution in [0.4, 0.5) is 5.69 Å². The number of hydrogen-bond acceptors (Lipinski definition) is 8. The number of hydrogen-bond donors (Lipinski definition) is 0. The Labute approximate surface area is 194 Å². The molecule has 0 radical (unpaired) electrons. The summed E-state index contributed by atoms with van der Waals surface area (Å²) in [4.78, 5) is 25.1. The lowest BCUT2D eigenvalue weighted by Gasteiger charge is -2.12. The first-order valence-corrected chi connectivity index (χ1v) is 10.7. The van der Waals surface area contributed by atoms with Gasteiger partial charge in [-0.05, 0) is 36.4 Å². The van der Waals surface area contributed by atoms with E-state index in [2.05, 4.69) is 6.58 Å². The van der Waals surface area contributed by atoms with Crippen LogP contribution in [-0.4, -0.2) is 46.9 Å². The molecule has 0 spiro atoms. The van der Waals surface area contributed by atoms with Gasteiger partial charge in [-0.3, -0.25) is 19.8 Å². The van der Waals surface area contributed by atoms with Crippen molar-refractivity contribution >= 4 is 46.0 Å². The fraction of sp³-hybridized carbons (Fsp3) is 0.182. The van der Waals surface area contributed by atoms with Crippen LogP contribution in [0.5, 0.6) is 17.2 Å². The lowest BCUT2D eigenvalue weighted by atomic mass is 10.1. The van der Waals surface area contributed by atoms with E-state index in [1.165, 1.54) is 23.1 Å². The number of rotatable bonds is 10. The fourth-order valence-electron chi connectivity index (χ4n) is 2.80. The van der Waals surface area contributed by atoms with E-state index in [4.69, 9.17) is 26.4 Å². The van der Waals surface area contributed by atoms with Crippen LogP contribution in [0.15, 0.2) is 60.0 Å². The number of nitro groups is 1. The Balaban J connectivity index is 1.73. The summed E-state index contributed by atoms with van der Waals surface area (Å²) in [5.41, 5.74) is 0.294. The molecule has 0 bridgehead atoms. The monoisotopic (exact) mass is 472 g/mol. The molecule has 2 aromatic rings. The molecule has 3 rings (SSSR count). The highest BCUT2D eigenvalue weighted by molar-refractivity contribution is 8.26. The molecule has 1 saturated heterocycles. The molecule has 0 saturated carbocycles. The zero-order valence-electron chi connectivity index (χ0n) is 17.2. The highest BCUT2D eigenvalue weighted by Gasteiger charge is 2.31. The topological polar surface area (TPSA) is 91.1 Å².